The second-order valence-corrected chi connectivity index (χ2v) is 29.7. The van der Waals surface area contributed by atoms with Crippen molar-refractivity contribution in [1.29, 1.82) is 0 Å². The highest BCUT2D eigenvalue weighted by atomic mass is 16.4. The van der Waals surface area contributed by atoms with Gasteiger partial charge in [0.15, 0.2) is 0 Å². The van der Waals surface area contributed by atoms with E-state index in [1.165, 1.54) is 212 Å². The number of carboxylic acid groups (broad SMARTS) is 6. The minimum absolute atomic E-state index is 0.0766. The van der Waals surface area contributed by atoms with Crippen LogP contribution in [0, 0.1) is 46.3 Å². The molecule has 94 heavy (non-hydrogen) atoms. The van der Waals surface area contributed by atoms with Gasteiger partial charge in [0, 0.05) is 38.5 Å². The largest absolute Gasteiger partial charge is 0.481 e. The summed E-state index contributed by atoms with van der Waals surface area (Å²) in [5, 5.41) is 60.1. The van der Waals surface area contributed by atoms with Crippen molar-refractivity contribution in [3.05, 3.63) is 11.6 Å². The van der Waals surface area contributed by atoms with Crippen LogP contribution in [-0.2, 0) is 28.8 Å². The standard InChI is InChI=1S/C27H46O.6C9H18O2/c1-18(2)7-6-8-19(3)23-11-12-24-22-10-9-20-17-21(28)13-15-26(20,4)25(22)14-16-27(23,24)5;6*1-2-3-4-5-6-7-8-9(10)11/h9,18-19,21-25,28H,6-8,10-17H2,1-5H3;6*2-8H2,1H3,(H,10,11)/t19-,21?,22+,23-,24+,25+,26+,27-;;;;;;/m1....../s1. The van der Waals surface area contributed by atoms with Crippen molar-refractivity contribution in [2.45, 2.75) is 423 Å². The Balaban J connectivity index is -0.00000109. The number of carboxylic acids is 6. The molecule has 4 rings (SSSR count). The second kappa shape index (κ2) is 64.2. The molecule has 3 fully saturated rings. The van der Waals surface area contributed by atoms with Crippen molar-refractivity contribution >= 4 is 35.8 Å². The fraction of sp³-hybridized carbons (Fsp3) is 0.901. The Morgan fingerprint density at radius 2 is 0.681 bits per heavy atom. The van der Waals surface area contributed by atoms with Gasteiger partial charge in [-0.3, -0.25) is 28.8 Å². The van der Waals surface area contributed by atoms with Gasteiger partial charge in [-0.2, -0.15) is 0 Å². The van der Waals surface area contributed by atoms with Gasteiger partial charge in [0.25, 0.3) is 0 Å². The molecule has 0 heterocycles. The van der Waals surface area contributed by atoms with E-state index in [4.69, 9.17) is 30.6 Å². The topological polar surface area (TPSA) is 244 Å². The third kappa shape index (κ3) is 53.6. The molecule has 7 N–H and O–H groups in total. The maximum absolute atomic E-state index is 10.2. The molecule has 4 aliphatic carbocycles. The lowest BCUT2D eigenvalue weighted by Crippen LogP contribution is -2.50. The number of rotatable bonds is 47. The van der Waals surface area contributed by atoms with E-state index >= 15 is 0 Å². The Bertz CT molecular complexity index is 1650. The van der Waals surface area contributed by atoms with Crippen LogP contribution in [0.5, 0.6) is 0 Å². The summed E-state index contributed by atoms with van der Waals surface area (Å²) in [4.78, 5) is 60.5. The molecule has 0 aromatic carbocycles. The molecule has 4 aliphatic rings. The van der Waals surface area contributed by atoms with E-state index < -0.39 is 35.8 Å². The molecule has 0 radical (unpaired) electrons. The molecule has 8 atom stereocenters. The van der Waals surface area contributed by atoms with Crippen LogP contribution in [0.4, 0.5) is 0 Å². The summed E-state index contributed by atoms with van der Waals surface area (Å²) in [5.74, 6) is 1.46. The molecule has 0 saturated heterocycles. The Hall–Kier alpha value is -3.48. The van der Waals surface area contributed by atoms with Gasteiger partial charge in [-0.15, -0.1) is 0 Å². The first-order valence-corrected chi connectivity index (χ1v) is 39.6. The third-order valence-electron chi connectivity index (χ3n) is 20.7. The van der Waals surface area contributed by atoms with Gasteiger partial charge in [-0.1, -0.05) is 300 Å². The average Bonchev–Trinajstić information content (AvgIpc) is 1.36. The molecule has 13 nitrogen and oxygen atoms in total. The summed E-state index contributed by atoms with van der Waals surface area (Å²) in [6, 6.07) is 0. The van der Waals surface area contributed by atoms with Crippen LogP contribution in [0.1, 0.15) is 416 Å². The Labute approximate surface area is 578 Å². The minimum atomic E-state index is -0.666. The zero-order valence-electron chi connectivity index (χ0n) is 63.2. The SMILES string of the molecule is CC(C)CCC[C@@H](C)[C@H]1CC[C@H]2[C@@H]3CC=C4CC(O)CC[C@]4(C)[C@H]3CC[C@]12C.CCCCCCCCC(=O)O.CCCCCCCCC(=O)O.CCCCCCCCC(=O)O.CCCCCCCCC(=O)O.CCCCCCCCC(=O)O.CCCCCCCCC(=O)O. The van der Waals surface area contributed by atoms with Gasteiger partial charge in [-0.25, -0.2) is 0 Å². The van der Waals surface area contributed by atoms with Gasteiger partial charge < -0.3 is 35.7 Å². The molecular formula is C81H154O13. The lowest BCUT2D eigenvalue weighted by Gasteiger charge is -2.58. The number of fused-ring (bicyclic) bond motifs is 5. The molecule has 556 valence electrons. The van der Waals surface area contributed by atoms with Gasteiger partial charge in [0.1, 0.15) is 0 Å². The maximum Gasteiger partial charge on any atom is 0.303 e. The number of unbranched alkanes of at least 4 members (excludes halogenated alkanes) is 30. The summed E-state index contributed by atoms with van der Waals surface area (Å²) in [5.41, 5.74) is 2.60. The second-order valence-electron chi connectivity index (χ2n) is 29.7. The number of aliphatic hydroxyl groups excluding tert-OH is 1. The van der Waals surface area contributed by atoms with Crippen LogP contribution in [0.15, 0.2) is 11.6 Å². The Kier molecular flexibility index (Phi) is 64.7. The molecule has 0 aliphatic heterocycles. The van der Waals surface area contributed by atoms with Gasteiger partial charge in [0.2, 0.25) is 0 Å². The highest BCUT2D eigenvalue weighted by Gasteiger charge is 2.59. The molecule has 1 unspecified atom stereocenters. The fourth-order valence-electron chi connectivity index (χ4n) is 15.0. The quantitative estimate of drug-likeness (QED) is 0.0222. The van der Waals surface area contributed by atoms with Crippen LogP contribution < -0.4 is 0 Å². The third-order valence-corrected chi connectivity index (χ3v) is 20.7. The highest BCUT2D eigenvalue weighted by molar-refractivity contribution is 5.68. The molecule has 0 spiro atoms. The summed E-state index contributed by atoms with van der Waals surface area (Å²) < 4.78 is 0. The van der Waals surface area contributed by atoms with Crippen molar-refractivity contribution in [2.75, 3.05) is 0 Å². The van der Waals surface area contributed by atoms with Crippen LogP contribution in [-0.4, -0.2) is 77.7 Å². The van der Waals surface area contributed by atoms with Crippen molar-refractivity contribution in [3.63, 3.8) is 0 Å². The monoisotopic (exact) mass is 1340 g/mol. The van der Waals surface area contributed by atoms with Crippen LogP contribution in [0.3, 0.4) is 0 Å². The fourth-order valence-corrected chi connectivity index (χ4v) is 15.0. The van der Waals surface area contributed by atoms with E-state index in [1.54, 1.807) is 5.57 Å². The smallest absolute Gasteiger partial charge is 0.303 e. The van der Waals surface area contributed by atoms with Crippen molar-refractivity contribution in [3.8, 4) is 0 Å². The number of carbonyl (C=O) groups is 6. The number of aliphatic hydroxyl groups is 1. The Morgan fingerprint density at radius 3 is 0.968 bits per heavy atom. The first-order chi connectivity index (χ1) is 44.9. The van der Waals surface area contributed by atoms with E-state index in [0.717, 1.165) is 125 Å². The molecule has 0 aromatic heterocycles. The summed E-state index contributed by atoms with van der Waals surface area (Å²) in [6.07, 6.45) is 60.7. The van der Waals surface area contributed by atoms with Crippen LogP contribution >= 0.6 is 0 Å². The van der Waals surface area contributed by atoms with Crippen molar-refractivity contribution in [1.82, 2.24) is 0 Å². The molecule has 3 saturated carbocycles. The molecule has 13 heteroatoms. The minimum Gasteiger partial charge on any atom is -0.481 e. The van der Waals surface area contributed by atoms with Gasteiger partial charge in [-0.05, 0) is 136 Å². The average molecular weight is 1340 g/mol. The predicted octanol–water partition coefficient (Wildman–Crippen LogP) is 24.3. The summed E-state index contributed by atoms with van der Waals surface area (Å²) in [6.45, 7) is 25.6. The van der Waals surface area contributed by atoms with Crippen molar-refractivity contribution in [2.24, 2.45) is 46.3 Å². The first-order valence-electron chi connectivity index (χ1n) is 39.6. The highest BCUT2D eigenvalue weighted by Crippen LogP contribution is 2.67. The van der Waals surface area contributed by atoms with Gasteiger partial charge >= 0.3 is 35.8 Å². The lowest BCUT2D eigenvalue weighted by molar-refractivity contribution is -0.138. The van der Waals surface area contributed by atoms with Crippen molar-refractivity contribution < 1.29 is 64.5 Å². The van der Waals surface area contributed by atoms with Crippen LogP contribution in [0.2, 0.25) is 0 Å². The number of hydrogen-bond acceptors (Lipinski definition) is 7. The molecule has 0 amide bonds. The predicted molar refractivity (Wildman–Crippen MR) is 393 cm³/mol. The van der Waals surface area contributed by atoms with E-state index in [2.05, 4.69) is 82.2 Å². The van der Waals surface area contributed by atoms with E-state index in [-0.39, 0.29) is 6.10 Å². The summed E-state index contributed by atoms with van der Waals surface area (Å²) >= 11 is 0. The summed E-state index contributed by atoms with van der Waals surface area (Å²) in [7, 11) is 0. The zero-order chi connectivity index (χ0) is 71.3. The molecular weight excluding hydrogens is 1180 g/mol. The van der Waals surface area contributed by atoms with E-state index in [0.29, 0.717) is 49.4 Å². The van der Waals surface area contributed by atoms with Crippen LogP contribution in [0.25, 0.3) is 0 Å². The number of hydrogen-bond donors (Lipinski definition) is 7. The molecule has 0 aromatic rings. The van der Waals surface area contributed by atoms with E-state index in [9.17, 15) is 33.9 Å². The normalized spacial score (nSPS) is 20.8. The maximum atomic E-state index is 10.2. The van der Waals surface area contributed by atoms with Gasteiger partial charge in [0.05, 0.1) is 6.10 Å². The number of aliphatic carboxylic acids is 6. The first kappa shape index (κ1) is 94.7. The number of allylic oxidation sites excluding steroid dienone is 1. The lowest BCUT2D eigenvalue weighted by atomic mass is 9.47. The zero-order valence-corrected chi connectivity index (χ0v) is 63.2. The Morgan fingerprint density at radius 1 is 0.383 bits per heavy atom. The molecule has 0 bridgehead atoms. The van der Waals surface area contributed by atoms with E-state index in [1.807, 2.05) is 0 Å².